The van der Waals surface area contributed by atoms with Crippen LogP contribution in [0.15, 0.2) is 24.3 Å². The van der Waals surface area contributed by atoms with Gasteiger partial charge in [-0.15, -0.1) is 0 Å². The summed E-state index contributed by atoms with van der Waals surface area (Å²) in [6, 6.07) is 5.31. The molecule has 1 heterocycles. The summed E-state index contributed by atoms with van der Waals surface area (Å²) < 4.78 is 13.7. The Morgan fingerprint density at radius 3 is 2.50 bits per heavy atom. The number of anilines is 1. The standard InChI is InChI=1S/C13H13FN2O2/c14-9-5-1-2-6-10(9)16-11(17)13(15-12(16)18)7-3-4-8-13/h1-2,5-6H,3-4,7-8H2,(H,15,18). The van der Waals surface area contributed by atoms with Gasteiger partial charge in [-0.1, -0.05) is 25.0 Å². The van der Waals surface area contributed by atoms with Gasteiger partial charge in [-0.3, -0.25) is 4.79 Å². The minimum atomic E-state index is -0.792. The largest absolute Gasteiger partial charge is 0.329 e. The third kappa shape index (κ3) is 1.43. The molecule has 5 heteroatoms. The molecule has 0 bridgehead atoms. The number of carbonyl (C=O) groups excluding carboxylic acids is 2. The lowest BCUT2D eigenvalue weighted by molar-refractivity contribution is -0.121. The number of nitrogens with one attached hydrogen (secondary N) is 1. The number of benzene rings is 1. The van der Waals surface area contributed by atoms with E-state index in [1.54, 1.807) is 6.07 Å². The van der Waals surface area contributed by atoms with Crippen molar-refractivity contribution in [3.8, 4) is 0 Å². The number of halogens is 1. The fourth-order valence-electron chi connectivity index (χ4n) is 2.79. The lowest BCUT2D eigenvalue weighted by Crippen LogP contribution is -2.44. The van der Waals surface area contributed by atoms with Gasteiger partial charge >= 0.3 is 6.03 Å². The predicted molar refractivity (Wildman–Crippen MR) is 63.6 cm³/mol. The molecule has 1 N–H and O–H groups in total. The maximum atomic E-state index is 13.7. The summed E-state index contributed by atoms with van der Waals surface area (Å²) in [7, 11) is 0. The van der Waals surface area contributed by atoms with Crippen LogP contribution in [0.2, 0.25) is 0 Å². The maximum absolute atomic E-state index is 13.7. The number of para-hydroxylation sites is 1. The van der Waals surface area contributed by atoms with E-state index in [9.17, 15) is 14.0 Å². The molecular formula is C13H13FN2O2. The predicted octanol–water partition coefficient (Wildman–Crippen LogP) is 2.19. The van der Waals surface area contributed by atoms with E-state index in [-0.39, 0.29) is 11.6 Å². The van der Waals surface area contributed by atoms with Crippen LogP contribution in [-0.2, 0) is 4.79 Å². The van der Waals surface area contributed by atoms with Gasteiger partial charge in [0.1, 0.15) is 11.4 Å². The van der Waals surface area contributed by atoms with Crippen molar-refractivity contribution in [2.75, 3.05) is 4.90 Å². The summed E-state index contributed by atoms with van der Waals surface area (Å²) in [4.78, 5) is 25.2. The number of carbonyl (C=O) groups is 2. The highest BCUT2D eigenvalue weighted by Gasteiger charge is 2.53. The van der Waals surface area contributed by atoms with Gasteiger partial charge in [0.2, 0.25) is 0 Å². The molecule has 1 aromatic rings. The van der Waals surface area contributed by atoms with E-state index in [2.05, 4.69) is 5.32 Å². The van der Waals surface area contributed by atoms with Crippen LogP contribution in [0.4, 0.5) is 14.9 Å². The second-order valence-corrected chi connectivity index (χ2v) is 4.81. The van der Waals surface area contributed by atoms with Gasteiger partial charge in [-0.05, 0) is 25.0 Å². The molecule has 0 radical (unpaired) electrons. The number of imide groups is 1. The first-order chi connectivity index (χ1) is 8.64. The maximum Gasteiger partial charge on any atom is 0.329 e. The van der Waals surface area contributed by atoms with Crippen LogP contribution >= 0.6 is 0 Å². The average molecular weight is 248 g/mol. The van der Waals surface area contributed by atoms with Crippen molar-refractivity contribution in [1.82, 2.24) is 5.32 Å². The summed E-state index contributed by atoms with van der Waals surface area (Å²) in [5, 5.41) is 2.73. The third-order valence-electron chi connectivity index (χ3n) is 3.71. The number of hydrogen-bond donors (Lipinski definition) is 1. The van der Waals surface area contributed by atoms with Crippen molar-refractivity contribution in [3.05, 3.63) is 30.1 Å². The zero-order valence-corrected chi connectivity index (χ0v) is 9.78. The Morgan fingerprint density at radius 2 is 1.83 bits per heavy atom. The van der Waals surface area contributed by atoms with E-state index in [0.29, 0.717) is 12.8 Å². The van der Waals surface area contributed by atoms with Gasteiger partial charge in [0.05, 0.1) is 5.69 Å². The van der Waals surface area contributed by atoms with E-state index >= 15 is 0 Å². The quantitative estimate of drug-likeness (QED) is 0.774. The first-order valence-electron chi connectivity index (χ1n) is 6.05. The Labute approximate surface area is 104 Å². The number of urea groups is 1. The van der Waals surface area contributed by atoms with Gasteiger partial charge in [0.25, 0.3) is 5.91 Å². The molecule has 3 rings (SSSR count). The van der Waals surface area contributed by atoms with Crippen LogP contribution < -0.4 is 10.2 Å². The third-order valence-corrected chi connectivity index (χ3v) is 3.71. The minimum Gasteiger partial charge on any atom is -0.323 e. The highest BCUT2D eigenvalue weighted by atomic mass is 19.1. The van der Waals surface area contributed by atoms with Gasteiger partial charge in [0, 0.05) is 0 Å². The molecule has 18 heavy (non-hydrogen) atoms. The van der Waals surface area contributed by atoms with Crippen LogP contribution in [-0.4, -0.2) is 17.5 Å². The molecule has 1 saturated carbocycles. The molecular weight excluding hydrogens is 235 g/mol. The molecule has 1 saturated heterocycles. The molecule has 1 aliphatic heterocycles. The monoisotopic (exact) mass is 248 g/mol. The molecule has 1 aliphatic carbocycles. The first-order valence-corrected chi connectivity index (χ1v) is 6.05. The van der Waals surface area contributed by atoms with E-state index in [1.165, 1.54) is 18.2 Å². The van der Waals surface area contributed by atoms with Crippen molar-refractivity contribution < 1.29 is 14.0 Å². The fraction of sp³-hybridized carbons (Fsp3) is 0.385. The van der Waals surface area contributed by atoms with Crippen molar-refractivity contribution >= 4 is 17.6 Å². The highest BCUT2D eigenvalue weighted by Crippen LogP contribution is 2.37. The van der Waals surface area contributed by atoms with Gasteiger partial charge < -0.3 is 5.32 Å². The van der Waals surface area contributed by atoms with E-state index in [1.807, 2.05) is 0 Å². The van der Waals surface area contributed by atoms with Crippen LogP contribution in [0.5, 0.6) is 0 Å². The lowest BCUT2D eigenvalue weighted by Gasteiger charge is -2.20. The van der Waals surface area contributed by atoms with E-state index in [0.717, 1.165) is 17.7 Å². The Morgan fingerprint density at radius 1 is 1.17 bits per heavy atom. The number of hydrogen-bond acceptors (Lipinski definition) is 2. The molecule has 0 atom stereocenters. The molecule has 4 nitrogen and oxygen atoms in total. The Bertz CT molecular complexity index is 523. The second kappa shape index (κ2) is 3.80. The van der Waals surface area contributed by atoms with Gasteiger partial charge in [-0.2, -0.15) is 0 Å². The Kier molecular flexibility index (Phi) is 2.36. The smallest absolute Gasteiger partial charge is 0.323 e. The van der Waals surface area contributed by atoms with Crippen LogP contribution in [0, 0.1) is 5.82 Å². The molecule has 2 aliphatic rings. The highest BCUT2D eigenvalue weighted by molar-refractivity contribution is 6.23. The summed E-state index contributed by atoms with van der Waals surface area (Å²) in [6.07, 6.45) is 3.11. The van der Waals surface area contributed by atoms with Crippen LogP contribution in [0.25, 0.3) is 0 Å². The Hall–Kier alpha value is -1.91. The number of nitrogens with zero attached hydrogens (tertiary/aromatic N) is 1. The van der Waals surface area contributed by atoms with E-state index in [4.69, 9.17) is 0 Å². The van der Waals surface area contributed by atoms with Crippen molar-refractivity contribution in [3.63, 3.8) is 0 Å². The average Bonchev–Trinajstić information content (AvgIpc) is 2.89. The lowest BCUT2D eigenvalue weighted by atomic mass is 9.98. The summed E-state index contributed by atoms with van der Waals surface area (Å²) in [5.74, 6) is -0.883. The van der Waals surface area contributed by atoms with Crippen LogP contribution in [0.1, 0.15) is 25.7 Å². The zero-order valence-electron chi connectivity index (χ0n) is 9.78. The van der Waals surface area contributed by atoms with Crippen molar-refractivity contribution in [1.29, 1.82) is 0 Å². The molecule has 2 fully saturated rings. The van der Waals surface area contributed by atoms with Gasteiger partial charge in [0.15, 0.2) is 0 Å². The molecule has 0 aromatic heterocycles. The molecule has 0 unspecified atom stereocenters. The molecule has 1 aromatic carbocycles. The van der Waals surface area contributed by atoms with Gasteiger partial charge in [-0.25, -0.2) is 14.1 Å². The van der Waals surface area contributed by atoms with Crippen molar-refractivity contribution in [2.24, 2.45) is 0 Å². The number of amides is 3. The normalized spacial score (nSPS) is 21.7. The van der Waals surface area contributed by atoms with Crippen LogP contribution in [0.3, 0.4) is 0 Å². The van der Waals surface area contributed by atoms with Crippen molar-refractivity contribution in [2.45, 2.75) is 31.2 Å². The minimum absolute atomic E-state index is 0.0313. The Balaban J connectivity index is 2.01. The van der Waals surface area contributed by atoms with E-state index < -0.39 is 17.4 Å². The molecule has 94 valence electrons. The summed E-state index contributed by atoms with van der Waals surface area (Å²) in [5.41, 5.74) is -0.761. The molecule has 3 amide bonds. The molecule has 1 spiro atoms. The fourth-order valence-corrected chi connectivity index (χ4v) is 2.79. The topological polar surface area (TPSA) is 49.4 Å². The summed E-state index contributed by atoms with van der Waals surface area (Å²) in [6.45, 7) is 0. The zero-order chi connectivity index (χ0) is 12.8. The summed E-state index contributed by atoms with van der Waals surface area (Å²) >= 11 is 0. The number of rotatable bonds is 1. The SMILES string of the molecule is O=C1NC2(CCCC2)C(=O)N1c1ccccc1F. The first kappa shape index (κ1) is 11.2. The second-order valence-electron chi connectivity index (χ2n) is 4.81.